The molecule has 0 amide bonds. The van der Waals surface area contributed by atoms with Crippen LogP contribution in [-0.2, 0) is 9.47 Å². The van der Waals surface area contributed by atoms with Gasteiger partial charge in [0.25, 0.3) is 0 Å². The van der Waals surface area contributed by atoms with E-state index in [-0.39, 0.29) is 12.2 Å². The van der Waals surface area contributed by atoms with Crippen LogP contribution in [0.2, 0.25) is 0 Å². The Bertz CT molecular complexity index is 634. The summed E-state index contributed by atoms with van der Waals surface area (Å²) < 4.78 is 23.0. The van der Waals surface area contributed by atoms with E-state index in [9.17, 15) is 0 Å². The van der Waals surface area contributed by atoms with Crippen LogP contribution in [0, 0.1) is 0 Å². The summed E-state index contributed by atoms with van der Waals surface area (Å²) in [4.78, 5) is 0. The number of hydrogen-bond donors (Lipinski definition) is 0. The second kappa shape index (κ2) is 9.25. The van der Waals surface area contributed by atoms with E-state index in [4.69, 9.17) is 18.9 Å². The van der Waals surface area contributed by atoms with Crippen molar-refractivity contribution in [1.29, 1.82) is 0 Å². The van der Waals surface area contributed by atoms with Crippen LogP contribution in [0.3, 0.4) is 0 Å². The molecule has 0 radical (unpaired) electrons. The maximum absolute atomic E-state index is 6.21. The molecule has 27 heavy (non-hydrogen) atoms. The Balaban J connectivity index is 1.92. The summed E-state index contributed by atoms with van der Waals surface area (Å²) >= 11 is 0. The Morgan fingerprint density at radius 1 is 0.667 bits per heavy atom. The van der Waals surface area contributed by atoms with E-state index in [1.54, 1.807) is 14.2 Å². The molecule has 0 aromatic heterocycles. The van der Waals surface area contributed by atoms with Gasteiger partial charge in [-0.05, 0) is 55.7 Å². The van der Waals surface area contributed by atoms with Crippen LogP contribution >= 0.6 is 0 Å². The predicted octanol–water partition coefficient (Wildman–Crippen LogP) is 4.79. The van der Waals surface area contributed by atoms with Crippen molar-refractivity contribution in [3.63, 3.8) is 0 Å². The second-order valence-corrected chi connectivity index (χ2v) is 6.83. The Hall–Kier alpha value is -2.04. The molecule has 4 unspecified atom stereocenters. The molecule has 4 heteroatoms. The summed E-state index contributed by atoms with van der Waals surface area (Å²) in [5.41, 5.74) is 2.55. The van der Waals surface area contributed by atoms with Gasteiger partial charge in [0, 0.05) is 25.0 Å². The molecule has 1 saturated carbocycles. The lowest BCUT2D eigenvalue weighted by atomic mass is 9.92. The molecule has 4 nitrogen and oxygen atoms in total. The van der Waals surface area contributed by atoms with Gasteiger partial charge in [-0.2, -0.15) is 0 Å². The Morgan fingerprint density at radius 3 is 1.33 bits per heavy atom. The topological polar surface area (TPSA) is 36.9 Å². The number of rotatable bonds is 8. The summed E-state index contributed by atoms with van der Waals surface area (Å²) in [5, 5.41) is 0. The highest BCUT2D eigenvalue weighted by atomic mass is 16.5. The Morgan fingerprint density at radius 2 is 1.04 bits per heavy atom. The van der Waals surface area contributed by atoms with E-state index in [1.165, 1.54) is 11.1 Å². The van der Waals surface area contributed by atoms with E-state index in [1.807, 2.05) is 24.3 Å². The molecule has 1 aliphatic carbocycles. The molecule has 1 aliphatic rings. The van der Waals surface area contributed by atoms with Crippen LogP contribution < -0.4 is 9.47 Å². The van der Waals surface area contributed by atoms with Crippen LogP contribution in [0.25, 0.3) is 0 Å². The quantitative estimate of drug-likeness (QED) is 0.670. The number of ether oxygens (including phenoxy) is 4. The highest BCUT2D eigenvalue weighted by Crippen LogP contribution is 2.47. The highest BCUT2D eigenvalue weighted by Gasteiger charge is 2.45. The average molecular weight is 370 g/mol. The number of benzene rings is 2. The molecule has 0 N–H and O–H groups in total. The van der Waals surface area contributed by atoms with Crippen molar-refractivity contribution < 1.29 is 18.9 Å². The molecule has 0 saturated heterocycles. The van der Waals surface area contributed by atoms with Gasteiger partial charge in [-0.25, -0.2) is 0 Å². The first-order valence-electron chi connectivity index (χ1n) is 9.72. The molecule has 2 aromatic carbocycles. The van der Waals surface area contributed by atoms with Crippen LogP contribution in [0.1, 0.15) is 43.2 Å². The maximum atomic E-state index is 6.21. The molecule has 0 bridgehead atoms. The monoisotopic (exact) mass is 370 g/mol. The minimum absolute atomic E-state index is 0.0375. The van der Waals surface area contributed by atoms with E-state index < -0.39 is 0 Å². The van der Waals surface area contributed by atoms with Crippen molar-refractivity contribution in [3.05, 3.63) is 59.7 Å². The molecular formula is C23H30O4. The van der Waals surface area contributed by atoms with Crippen LogP contribution in [-0.4, -0.2) is 39.6 Å². The lowest BCUT2D eigenvalue weighted by Gasteiger charge is -2.27. The third-order valence-corrected chi connectivity index (χ3v) is 5.43. The van der Waals surface area contributed by atoms with Gasteiger partial charge in [-0.3, -0.25) is 0 Å². The predicted molar refractivity (Wildman–Crippen MR) is 107 cm³/mol. The van der Waals surface area contributed by atoms with Crippen molar-refractivity contribution in [2.75, 3.05) is 27.4 Å². The fraction of sp³-hybridized carbons (Fsp3) is 0.478. The number of methoxy groups -OCH3 is 2. The van der Waals surface area contributed by atoms with Gasteiger partial charge >= 0.3 is 0 Å². The zero-order valence-electron chi connectivity index (χ0n) is 16.7. The van der Waals surface area contributed by atoms with Crippen LogP contribution in [0.5, 0.6) is 11.5 Å². The van der Waals surface area contributed by atoms with Gasteiger partial charge < -0.3 is 18.9 Å². The molecular weight excluding hydrogens is 340 g/mol. The SMILES string of the molecule is CCOC1C(c2ccc(OC)cc2)CC(c2ccc(OC)cc2)C1OCC. The minimum Gasteiger partial charge on any atom is -0.497 e. The minimum atomic E-state index is 0.0375. The Labute approximate surface area is 162 Å². The normalized spacial score (nSPS) is 24.7. The van der Waals surface area contributed by atoms with Crippen molar-refractivity contribution in [2.45, 2.75) is 44.3 Å². The highest BCUT2D eigenvalue weighted by molar-refractivity contribution is 5.36. The van der Waals surface area contributed by atoms with Gasteiger partial charge in [-0.1, -0.05) is 24.3 Å². The van der Waals surface area contributed by atoms with Crippen molar-refractivity contribution in [1.82, 2.24) is 0 Å². The van der Waals surface area contributed by atoms with Gasteiger partial charge in [0.05, 0.1) is 26.4 Å². The molecule has 2 aromatic rings. The average Bonchev–Trinajstić information content (AvgIpc) is 3.07. The molecule has 0 aliphatic heterocycles. The zero-order chi connectivity index (χ0) is 19.2. The standard InChI is InChI=1S/C23H30O4/c1-5-26-22-20(16-7-11-18(24-3)12-8-16)15-21(23(22)27-6-2)17-9-13-19(25-4)14-10-17/h7-14,20-23H,5-6,15H2,1-4H3. The van der Waals surface area contributed by atoms with E-state index in [0.717, 1.165) is 17.9 Å². The van der Waals surface area contributed by atoms with E-state index in [0.29, 0.717) is 25.0 Å². The summed E-state index contributed by atoms with van der Waals surface area (Å²) in [6, 6.07) is 16.7. The van der Waals surface area contributed by atoms with Crippen molar-refractivity contribution >= 4 is 0 Å². The molecule has 1 fully saturated rings. The lowest BCUT2D eigenvalue weighted by molar-refractivity contribution is -0.0605. The van der Waals surface area contributed by atoms with Crippen LogP contribution in [0.15, 0.2) is 48.5 Å². The number of hydrogen-bond acceptors (Lipinski definition) is 4. The molecule has 4 atom stereocenters. The second-order valence-electron chi connectivity index (χ2n) is 6.83. The smallest absolute Gasteiger partial charge is 0.118 e. The first-order chi connectivity index (χ1) is 13.2. The Kier molecular flexibility index (Phi) is 6.75. The third-order valence-electron chi connectivity index (χ3n) is 5.43. The lowest BCUT2D eigenvalue weighted by Crippen LogP contribution is -2.33. The molecule has 0 spiro atoms. The van der Waals surface area contributed by atoms with Gasteiger partial charge in [-0.15, -0.1) is 0 Å². The fourth-order valence-corrected chi connectivity index (χ4v) is 4.16. The van der Waals surface area contributed by atoms with Crippen molar-refractivity contribution in [2.24, 2.45) is 0 Å². The maximum Gasteiger partial charge on any atom is 0.118 e. The van der Waals surface area contributed by atoms with E-state index in [2.05, 4.69) is 38.1 Å². The molecule has 0 heterocycles. The molecule has 3 rings (SSSR count). The first kappa shape index (κ1) is 19.7. The summed E-state index contributed by atoms with van der Waals surface area (Å²) in [5.74, 6) is 2.33. The van der Waals surface area contributed by atoms with Gasteiger partial charge in [0.15, 0.2) is 0 Å². The van der Waals surface area contributed by atoms with E-state index >= 15 is 0 Å². The summed E-state index contributed by atoms with van der Waals surface area (Å²) in [6.45, 7) is 5.45. The third kappa shape index (κ3) is 4.28. The van der Waals surface area contributed by atoms with Crippen LogP contribution in [0.4, 0.5) is 0 Å². The van der Waals surface area contributed by atoms with Crippen molar-refractivity contribution in [3.8, 4) is 11.5 Å². The zero-order valence-corrected chi connectivity index (χ0v) is 16.7. The summed E-state index contributed by atoms with van der Waals surface area (Å²) in [7, 11) is 3.39. The largest absolute Gasteiger partial charge is 0.497 e. The summed E-state index contributed by atoms with van der Waals surface area (Å²) in [6.07, 6.45) is 1.07. The van der Waals surface area contributed by atoms with Gasteiger partial charge in [0.1, 0.15) is 11.5 Å². The first-order valence-corrected chi connectivity index (χ1v) is 9.72. The van der Waals surface area contributed by atoms with Gasteiger partial charge in [0.2, 0.25) is 0 Å². The molecule has 146 valence electrons. The fourth-order valence-electron chi connectivity index (χ4n) is 4.16.